The summed E-state index contributed by atoms with van der Waals surface area (Å²) in [7, 11) is -3.86. The van der Waals surface area contributed by atoms with Gasteiger partial charge >= 0.3 is 0 Å². The summed E-state index contributed by atoms with van der Waals surface area (Å²) < 4.78 is 39.4. The molecule has 34 heavy (non-hydrogen) atoms. The molecule has 2 rings (SSSR count). The molecule has 2 aromatic carbocycles. The number of sulfonamides is 1. The van der Waals surface area contributed by atoms with E-state index in [9.17, 15) is 22.4 Å². The van der Waals surface area contributed by atoms with E-state index in [1.54, 1.807) is 6.92 Å². The molecule has 0 radical (unpaired) electrons. The van der Waals surface area contributed by atoms with Gasteiger partial charge in [0.15, 0.2) is 0 Å². The van der Waals surface area contributed by atoms with Crippen molar-refractivity contribution < 1.29 is 22.4 Å². The molecule has 0 saturated heterocycles. The van der Waals surface area contributed by atoms with Crippen LogP contribution < -0.4 is 9.62 Å². The third-order valence-electron chi connectivity index (χ3n) is 5.11. The van der Waals surface area contributed by atoms with E-state index in [0.717, 1.165) is 33.8 Å². The molecule has 0 aliphatic rings. The van der Waals surface area contributed by atoms with Crippen LogP contribution in [0, 0.1) is 12.7 Å². The third-order valence-corrected chi connectivity index (χ3v) is 6.25. The highest BCUT2D eigenvalue weighted by atomic mass is 32.2. The number of hydrogen-bond acceptors (Lipinski definition) is 4. The number of nitrogens with one attached hydrogen (secondary N) is 1. The van der Waals surface area contributed by atoms with Crippen molar-refractivity contribution in [2.75, 3.05) is 17.1 Å². The number of carbonyl (C=O) groups is 2. The van der Waals surface area contributed by atoms with E-state index in [1.165, 1.54) is 17.0 Å². The molecule has 1 atom stereocenters. The van der Waals surface area contributed by atoms with Gasteiger partial charge < -0.3 is 10.2 Å². The zero-order valence-corrected chi connectivity index (χ0v) is 21.4. The number of amides is 2. The molecule has 0 aliphatic heterocycles. The zero-order chi connectivity index (χ0) is 25.7. The number of hydrogen-bond donors (Lipinski definition) is 1. The van der Waals surface area contributed by atoms with Gasteiger partial charge in [-0.1, -0.05) is 36.8 Å². The molecule has 2 amide bonds. The van der Waals surface area contributed by atoms with Crippen molar-refractivity contribution in [2.45, 2.75) is 59.2 Å². The van der Waals surface area contributed by atoms with Crippen LogP contribution in [0.2, 0.25) is 0 Å². The first-order valence-corrected chi connectivity index (χ1v) is 13.0. The maximum absolute atomic E-state index is 13.6. The summed E-state index contributed by atoms with van der Waals surface area (Å²) in [6.45, 7) is 8.91. The minimum absolute atomic E-state index is 0.137. The van der Waals surface area contributed by atoms with Crippen LogP contribution in [0.4, 0.5) is 10.1 Å². The van der Waals surface area contributed by atoms with Crippen molar-refractivity contribution in [1.82, 2.24) is 10.2 Å². The molecular weight excluding hydrogens is 457 g/mol. The van der Waals surface area contributed by atoms with E-state index in [4.69, 9.17) is 0 Å². The Morgan fingerprint density at radius 3 is 2.21 bits per heavy atom. The first kappa shape index (κ1) is 27.3. The smallest absolute Gasteiger partial charge is 0.244 e. The molecule has 0 heterocycles. The van der Waals surface area contributed by atoms with Crippen LogP contribution in [0.25, 0.3) is 0 Å². The van der Waals surface area contributed by atoms with Crippen molar-refractivity contribution in [1.29, 1.82) is 0 Å². The van der Waals surface area contributed by atoms with Gasteiger partial charge in [-0.2, -0.15) is 0 Å². The molecule has 2 aromatic rings. The average molecular weight is 492 g/mol. The maximum Gasteiger partial charge on any atom is 0.244 e. The zero-order valence-electron chi connectivity index (χ0n) is 20.6. The second-order valence-corrected chi connectivity index (χ2v) is 11.3. The second kappa shape index (κ2) is 11.0. The Bertz CT molecular complexity index is 1110. The largest absolute Gasteiger partial charge is 0.350 e. The van der Waals surface area contributed by atoms with Crippen LogP contribution in [-0.2, 0) is 26.2 Å². The van der Waals surface area contributed by atoms with Gasteiger partial charge in [0.2, 0.25) is 21.8 Å². The van der Waals surface area contributed by atoms with Gasteiger partial charge in [0.25, 0.3) is 0 Å². The Labute approximate surface area is 202 Å². The highest BCUT2D eigenvalue weighted by molar-refractivity contribution is 7.92. The number of carbonyl (C=O) groups excluding carboxylic acids is 2. The number of benzene rings is 2. The topological polar surface area (TPSA) is 86.8 Å². The standard InChI is InChI=1S/C25H34FN3O4S/c1-7-22(24(31)27-25(3,4)5)28(16-19-10-8-9-18(2)15-19)23(30)17-29(34(6,32)33)21-13-11-20(26)12-14-21/h8-15,22H,7,16-17H2,1-6H3,(H,27,31)/t22-/m1/s1. The number of halogens is 1. The fraction of sp³-hybridized carbons (Fsp3) is 0.440. The van der Waals surface area contributed by atoms with Gasteiger partial charge in [-0.3, -0.25) is 13.9 Å². The first-order chi connectivity index (χ1) is 15.7. The second-order valence-electron chi connectivity index (χ2n) is 9.42. The Morgan fingerprint density at radius 2 is 1.71 bits per heavy atom. The third kappa shape index (κ3) is 7.83. The molecule has 1 N–H and O–H groups in total. The lowest BCUT2D eigenvalue weighted by atomic mass is 10.0. The summed E-state index contributed by atoms with van der Waals surface area (Å²) in [6.07, 6.45) is 1.33. The van der Waals surface area contributed by atoms with E-state index in [0.29, 0.717) is 6.42 Å². The van der Waals surface area contributed by atoms with E-state index in [-0.39, 0.29) is 18.1 Å². The van der Waals surface area contributed by atoms with E-state index >= 15 is 0 Å². The molecule has 186 valence electrons. The molecule has 0 aliphatic carbocycles. The number of nitrogens with zero attached hydrogens (tertiary/aromatic N) is 2. The van der Waals surface area contributed by atoms with Crippen LogP contribution in [-0.4, -0.2) is 49.5 Å². The molecule has 0 bridgehead atoms. The number of rotatable bonds is 9. The summed E-state index contributed by atoms with van der Waals surface area (Å²) in [5, 5.41) is 2.92. The summed E-state index contributed by atoms with van der Waals surface area (Å²) >= 11 is 0. The fourth-order valence-electron chi connectivity index (χ4n) is 3.60. The molecular formula is C25H34FN3O4S. The van der Waals surface area contributed by atoms with Gasteiger partial charge in [-0.25, -0.2) is 12.8 Å². The molecule has 0 unspecified atom stereocenters. The van der Waals surface area contributed by atoms with Crippen LogP contribution in [0.15, 0.2) is 48.5 Å². The van der Waals surface area contributed by atoms with Gasteiger partial charge in [-0.05, 0) is 63.9 Å². The van der Waals surface area contributed by atoms with Crippen LogP contribution in [0.3, 0.4) is 0 Å². The predicted octanol–water partition coefficient (Wildman–Crippen LogP) is 3.62. The lowest BCUT2D eigenvalue weighted by Gasteiger charge is -2.34. The lowest BCUT2D eigenvalue weighted by Crippen LogP contribution is -2.55. The molecule has 9 heteroatoms. The summed E-state index contributed by atoms with van der Waals surface area (Å²) in [5.74, 6) is -1.37. The number of aryl methyl sites for hydroxylation is 1. The predicted molar refractivity (Wildman–Crippen MR) is 132 cm³/mol. The average Bonchev–Trinajstić information content (AvgIpc) is 2.70. The molecule has 0 spiro atoms. The van der Waals surface area contributed by atoms with Gasteiger partial charge in [0.1, 0.15) is 18.4 Å². The van der Waals surface area contributed by atoms with Crippen molar-refractivity contribution in [3.63, 3.8) is 0 Å². The minimum Gasteiger partial charge on any atom is -0.350 e. The van der Waals surface area contributed by atoms with E-state index in [2.05, 4.69) is 5.32 Å². The molecule has 0 fully saturated rings. The monoisotopic (exact) mass is 491 g/mol. The van der Waals surface area contributed by atoms with Gasteiger partial charge in [0, 0.05) is 12.1 Å². The molecule has 0 aromatic heterocycles. The van der Waals surface area contributed by atoms with Crippen LogP contribution in [0.1, 0.15) is 45.2 Å². The van der Waals surface area contributed by atoms with Crippen molar-refractivity contribution in [3.05, 3.63) is 65.5 Å². The molecule has 0 saturated carbocycles. The summed E-state index contributed by atoms with van der Waals surface area (Å²) in [6, 6.07) is 11.6. The van der Waals surface area contributed by atoms with Crippen molar-refractivity contribution >= 4 is 27.5 Å². The SMILES string of the molecule is CC[C@H](C(=O)NC(C)(C)C)N(Cc1cccc(C)c1)C(=O)CN(c1ccc(F)cc1)S(C)(=O)=O. The highest BCUT2D eigenvalue weighted by Gasteiger charge is 2.33. The Balaban J connectivity index is 2.45. The summed E-state index contributed by atoms with van der Waals surface area (Å²) in [4.78, 5) is 28.1. The van der Waals surface area contributed by atoms with E-state index < -0.39 is 39.9 Å². The normalized spacial score (nSPS) is 12.7. The fourth-order valence-corrected chi connectivity index (χ4v) is 4.45. The van der Waals surface area contributed by atoms with Crippen molar-refractivity contribution in [2.24, 2.45) is 0 Å². The first-order valence-electron chi connectivity index (χ1n) is 11.1. The van der Waals surface area contributed by atoms with Gasteiger partial charge in [-0.15, -0.1) is 0 Å². The summed E-state index contributed by atoms with van der Waals surface area (Å²) in [5.41, 5.74) is 1.49. The van der Waals surface area contributed by atoms with Gasteiger partial charge in [0.05, 0.1) is 11.9 Å². The van der Waals surface area contributed by atoms with Crippen LogP contribution >= 0.6 is 0 Å². The Hall–Kier alpha value is -2.94. The Kier molecular flexibility index (Phi) is 8.83. The minimum atomic E-state index is -3.86. The quantitative estimate of drug-likeness (QED) is 0.581. The number of anilines is 1. The van der Waals surface area contributed by atoms with Crippen molar-refractivity contribution in [3.8, 4) is 0 Å². The van der Waals surface area contributed by atoms with Crippen LogP contribution in [0.5, 0.6) is 0 Å². The van der Waals surface area contributed by atoms with E-state index in [1.807, 2.05) is 52.0 Å². The lowest BCUT2D eigenvalue weighted by molar-refractivity contribution is -0.141. The highest BCUT2D eigenvalue weighted by Crippen LogP contribution is 2.20. The molecule has 7 nitrogen and oxygen atoms in total. The maximum atomic E-state index is 13.6. The Morgan fingerprint density at radius 1 is 1.09 bits per heavy atom.